The van der Waals surface area contributed by atoms with Crippen LogP contribution in [-0.2, 0) is 84.5 Å². The van der Waals surface area contributed by atoms with Crippen molar-refractivity contribution < 1.29 is 84.5 Å². The van der Waals surface area contributed by atoms with Crippen LogP contribution in [0.15, 0.2) is 24.3 Å². The molecule has 4 unspecified atom stereocenters. The fraction of sp³-hybridized carbons (Fsp3) is 0.850. The summed E-state index contributed by atoms with van der Waals surface area (Å²) in [6.07, 6.45) is 44.3. The summed E-state index contributed by atoms with van der Waals surface area (Å²) in [7, 11) is -7.54. The average molecular weight is 1520 g/mol. The monoisotopic (exact) mass is 1520 g/mol. The Bertz CT molecular complexity index is 2200. The van der Waals surface area contributed by atoms with Crippen LogP contribution in [0.3, 0.4) is 0 Å². The first-order valence-corrected chi connectivity index (χ1v) is 44.9. The van der Waals surface area contributed by atoms with Crippen molar-refractivity contribution in [2.45, 2.75) is 361 Å². The highest BCUT2D eigenvalue weighted by atomic mass is 31.2. The Morgan fingerprint density at radius 1 is 0.327 bits per heavy atom. The summed E-state index contributed by atoms with van der Waals surface area (Å²) in [5, 5.41) is 11.1. The standard InChI is InChI=1S/C80H148N4O18P2/c1-9-15-21-27-29-31-33-39-45-51-79(91)101-73(49-43-37-25-19-13-5)63-77(89)83-69(65-95-59-55-71(85)47-41-35-23-17-11-3)67-99-103(7,93)97-61-57-81-75(87)53-54-76(88)82-58-62-98-104(8,94)100-68-70(66-96-60-56-72(86)48-42-36-24-18-12-4)84-78(90)64-74(50-44-38-26-20-14-6)102-80(92)52-46-40-34-32-30-28-22-16-10-2/h31-34,69-70,73-74H,9-30,35-68H2,1-8H3,(H,81,87)(H,82,88)(H,83,89)(H,84,90)/b33-31-,34-32-/t69?,70?,73-,74-,103?,104?/m1/s1. The zero-order valence-electron chi connectivity index (χ0n) is 66.5. The van der Waals surface area contributed by atoms with Crippen molar-refractivity contribution in [3.63, 3.8) is 0 Å². The highest BCUT2D eigenvalue weighted by Gasteiger charge is 2.27. The van der Waals surface area contributed by atoms with Crippen LogP contribution in [-0.4, -0.2) is 151 Å². The van der Waals surface area contributed by atoms with E-state index in [1.165, 1.54) is 51.9 Å². The fourth-order valence-corrected chi connectivity index (χ4v) is 13.2. The number of carbonyl (C=O) groups excluding carboxylic acids is 8. The van der Waals surface area contributed by atoms with Crippen LogP contribution < -0.4 is 21.3 Å². The van der Waals surface area contributed by atoms with Gasteiger partial charge in [0.05, 0.1) is 77.8 Å². The van der Waals surface area contributed by atoms with Gasteiger partial charge in [-0.1, -0.05) is 207 Å². The maximum absolute atomic E-state index is 13.7. The molecule has 4 amide bonds. The van der Waals surface area contributed by atoms with E-state index in [4.69, 9.17) is 37.0 Å². The van der Waals surface area contributed by atoms with Crippen molar-refractivity contribution in [3.05, 3.63) is 24.3 Å². The topological polar surface area (TPSA) is 293 Å². The van der Waals surface area contributed by atoms with E-state index in [0.29, 0.717) is 38.5 Å². The van der Waals surface area contributed by atoms with Gasteiger partial charge in [0.25, 0.3) is 0 Å². The van der Waals surface area contributed by atoms with E-state index >= 15 is 0 Å². The minimum absolute atomic E-state index is 0.0556. The number of ether oxygens (including phenoxy) is 4. The Morgan fingerprint density at radius 2 is 0.644 bits per heavy atom. The van der Waals surface area contributed by atoms with Gasteiger partial charge in [0.1, 0.15) is 23.8 Å². The third-order valence-corrected chi connectivity index (χ3v) is 20.1. The summed E-state index contributed by atoms with van der Waals surface area (Å²) in [5.74, 6) is -2.29. The summed E-state index contributed by atoms with van der Waals surface area (Å²) in [6, 6.07) is -1.61. The zero-order chi connectivity index (χ0) is 76.8. The molecule has 0 saturated heterocycles. The van der Waals surface area contributed by atoms with Crippen LogP contribution in [0.4, 0.5) is 0 Å². The van der Waals surface area contributed by atoms with Gasteiger partial charge in [0, 0.05) is 77.8 Å². The molecule has 6 atom stereocenters. The molecule has 0 saturated carbocycles. The SMILES string of the molecule is CCCCCC/C=C\CCCC(=O)O[C@H](CCCCCCC)CC(=O)NC(COCCC(=O)CCCCCCC)COP(C)(=O)OCCNC(=O)CCC(=O)NCCOP(C)(=O)OCC(COCCC(=O)CCCCCCC)NC(=O)C[C@@H](CCCCCCC)OC(=O)CCC/C=C\CCCCCC. The molecule has 0 aromatic rings. The molecule has 104 heavy (non-hydrogen) atoms. The molecular formula is C80H148N4O18P2. The first-order valence-electron chi connectivity index (χ1n) is 40.9. The third kappa shape index (κ3) is 67.2. The van der Waals surface area contributed by atoms with E-state index in [-0.39, 0.29) is 141 Å². The number of hydrogen-bond acceptors (Lipinski definition) is 18. The summed E-state index contributed by atoms with van der Waals surface area (Å²) in [4.78, 5) is 104. The molecule has 0 heterocycles. The lowest BCUT2D eigenvalue weighted by atomic mass is 10.1. The molecule has 0 fully saturated rings. The van der Waals surface area contributed by atoms with Crippen LogP contribution in [0.5, 0.6) is 0 Å². The molecule has 0 aromatic carbocycles. The molecule has 0 aliphatic heterocycles. The van der Waals surface area contributed by atoms with E-state index in [2.05, 4.69) is 87.1 Å². The van der Waals surface area contributed by atoms with Gasteiger partial charge < -0.3 is 58.3 Å². The van der Waals surface area contributed by atoms with E-state index in [1.807, 2.05) is 0 Å². The maximum atomic E-state index is 13.7. The van der Waals surface area contributed by atoms with Gasteiger partial charge in [-0.3, -0.25) is 47.5 Å². The number of ketones is 2. The summed E-state index contributed by atoms with van der Waals surface area (Å²) in [6.45, 7) is 14.5. The van der Waals surface area contributed by atoms with Gasteiger partial charge in [0.15, 0.2) is 0 Å². The van der Waals surface area contributed by atoms with Crippen LogP contribution in [0.25, 0.3) is 0 Å². The van der Waals surface area contributed by atoms with Crippen LogP contribution in [0.2, 0.25) is 0 Å². The zero-order valence-corrected chi connectivity index (χ0v) is 68.2. The average Bonchev–Trinajstić information content (AvgIpc) is 1.50. The van der Waals surface area contributed by atoms with Gasteiger partial charge >= 0.3 is 27.1 Å². The number of allylic oxidation sites excluding steroid dienone is 4. The van der Waals surface area contributed by atoms with Crippen LogP contribution in [0.1, 0.15) is 337 Å². The van der Waals surface area contributed by atoms with Crippen LogP contribution in [0, 0.1) is 0 Å². The molecule has 0 radical (unpaired) electrons. The van der Waals surface area contributed by atoms with Crippen molar-refractivity contribution in [1.29, 1.82) is 0 Å². The Hall–Kier alpha value is -4.14. The smallest absolute Gasteiger partial charge is 0.327 e. The molecule has 4 N–H and O–H groups in total. The Kier molecular flexibility index (Phi) is 67.7. The first-order chi connectivity index (χ1) is 50.2. The molecular weight excluding hydrogens is 1370 g/mol. The summed E-state index contributed by atoms with van der Waals surface area (Å²) >= 11 is 0. The number of carbonyl (C=O) groups is 8. The Labute approximate surface area is 630 Å². The molecule has 0 aliphatic rings. The third-order valence-electron chi connectivity index (χ3n) is 17.6. The van der Waals surface area contributed by atoms with E-state index in [0.717, 1.165) is 167 Å². The molecule has 22 nitrogen and oxygen atoms in total. The number of hydrogen-bond donors (Lipinski definition) is 4. The second-order valence-corrected chi connectivity index (χ2v) is 32.2. The number of nitrogens with one attached hydrogen (secondary N) is 4. The lowest BCUT2D eigenvalue weighted by molar-refractivity contribution is -0.152. The van der Waals surface area contributed by atoms with Gasteiger partial charge in [0.2, 0.25) is 23.6 Å². The summed E-state index contributed by atoms with van der Waals surface area (Å²) in [5.41, 5.74) is 0. The largest absolute Gasteiger partial charge is 0.462 e. The number of esters is 2. The van der Waals surface area contributed by atoms with Gasteiger partial charge in [-0.15, -0.1) is 0 Å². The Morgan fingerprint density at radius 3 is 0.990 bits per heavy atom. The van der Waals surface area contributed by atoms with Gasteiger partial charge in [-0.05, 0) is 89.9 Å². The normalized spacial score (nSPS) is 14.0. The number of Topliss-reactive ketones (excluding diaryl/α,β-unsaturated/α-hetero) is 2. The second-order valence-electron chi connectivity index (χ2n) is 28.0. The molecule has 0 aliphatic carbocycles. The summed E-state index contributed by atoms with van der Waals surface area (Å²) < 4.78 is 73.4. The van der Waals surface area contributed by atoms with E-state index in [1.54, 1.807) is 0 Å². The highest BCUT2D eigenvalue weighted by Crippen LogP contribution is 2.44. The van der Waals surface area contributed by atoms with Crippen molar-refractivity contribution in [2.75, 3.05) is 79.3 Å². The Balaban J connectivity index is 5.56. The molecule has 0 aromatic heterocycles. The lowest BCUT2D eigenvalue weighted by Gasteiger charge is -2.23. The number of unbranched alkanes of at least 4 members (excludes halogenated alkanes) is 26. The minimum atomic E-state index is -3.77. The molecule has 0 rings (SSSR count). The van der Waals surface area contributed by atoms with Gasteiger partial charge in [-0.2, -0.15) is 0 Å². The number of rotatable bonds is 77. The van der Waals surface area contributed by atoms with E-state index in [9.17, 15) is 47.5 Å². The van der Waals surface area contributed by atoms with Crippen molar-refractivity contribution in [3.8, 4) is 0 Å². The van der Waals surface area contributed by atoms with Crippen molar-refractivity contribution in [1.82, 2.24) is 21.3 Å². The quantitative estimate of drug-likeness (QED) is 0.0190. The lowest BCUT2D eigenvalue weighted by Crippen LogP contribution is -2.43. The van der Waals surface area contributed by atoms with Gasteiger partial charge in [-0.25, -0.2) is 0 Å². The maximum Gasteiger partial charge on any atom is 0.327 e. The first kappa shape index (κ1) is 99.9. The van der Waals surface area contributed by atoms with Crippen LogP contribution >= 0.6 is 15.2 Å². The molecule has 0 spiro atoms. The molecule has 0 bridgehead atoms. The predicted molar refractivity (Wildman–Crippen MR) is 417 cm³/mol. The fourth-order valence-electron chi connectivity index (χ4n) is 11.3. The minimum Gasteiger partial charge on any atom is -0.462 e. The van der Waals surface area contributed by atoms with E-state index < -0.39 is 63.1 Å². The molecule has 24 heteroatoms. The molecule has 606 valence electrons. The second kappa shape index (κ2) is 70.5. The van der Waals surface area contributed by atoms with Crippen molar-refractivity contribution >= 4 is 62.3 Å². The highest BCUT2D eigenvalue weighted by molar-refractivity contribution is 7.53. The predicted octanol–water partition coefficient (Wildman–Crippen LogP) is 18.1. The van der Waals surface area contributed by atoms with Crippen molar-refractivity contribution in [2.24, 2.45) is 0 Å². The number of amides is 4.